The van der Waals surface area contributed by atoms with Crippen molar-refractivity contribution in [1.29, 1.82) is 0 Å². The average molecular weight is 244 g/mol. The number of hydrogen-bond donors (Lipinski definition) is 2. The predicted octanol–water partition coefficient (Wildman–Crippen LogP) is 0.398. The molecule has 16 heavy (non-hydrogen) atoms. The molecular weight excluding hydrogens is 224 g/mol. The minimum Gasteiger partial charge on any atom is -0.393 e. The van der Waals surface area contributed by atoms with Gasteiger partial charge in [0.15, 0.2) is 0 Å². The maximum Gasteiger partial charge on any atom is 0.240 e. The van der Waals surface area contributed by atoms with Gasteiger partial charge >= 0.3 is 0 Å². The Kier molecular flexibility index (Phi) is 4.10. The van der Waals surface area contributed by atoms with Crippen LogP contribution in [0.2, 0.25) is 0 Å². The maximum atomic E-state index is 12.1. The topological polar surface area (TPSA) is 66.6 Å². The van der Waals surface area contributed by atoms with Crippen molar-refractivity contribution in [2.45, 2.75) is 37.8 Å². The number of nitrogens with zero attached hydrogens (tertiary/aromatic N) is 1. The third-order valence-corrected chi connectivity index (χ3v) is 4.56. The molecule has 0 aromatic rings. The molecule has 1 aliphatic heterocycles. The van der Waals surface area contributed by atoms with Gasteiger partial charge in [-0.25, -0.2) is 0 Å². The summed E-state index contributed by atoms with van der Waals surface area (Å²) in [5, 5.41) is 9.42. The summed E-state index contributed by atoms with van der Waals surface area (Å²) in [5.74, 6) is 2.19. The summed E-state index contributed by atoms with van der Waals surface area (Å²) in [6.45, 7) is 0.840. The van der Waals surface area contributed by atoms with E-state index in [4.69, 9.17) is 5.73 Å². The molecule has 2 fully saturated rings. The Labute approximate surface area is 101 Å². The van der Waals surface area contributed by atoms with Crippen LogP contribution in [0.25, 0.3) is 0 Å². The number of carbonyl (C=O) groups is 1. The molecule has 1 saturated carbocycles. The SMILES string of the molecule is NC(C(=O)N1CCSC1)C1CCC(O)CC1. The van der Waals surface area contributed by atoms with Gasteiger partial charge in [-0.3, -0.25) is 4.79 Å². The monoisotopic (exact) mass is 244 g/mol. The van der Waals surface area contributed by atoms with Gasteiger partial charge in [0.1, 0.15) is 0 Å². The summed E-state index contributed by atoms with van der Waals surface area (Å²) in [6.07, 6.45) is 3.17. The quantitative estimate of drug-likeness (QED) is 0.738. The third-order valence-electron chi connectivity index (χ3n) is 3.60. The first kappa shape index (κ1) is 12.2. The number of aliphatic hydroxyl groups excluding tert-OH is 1. The number of nitrogens with two attached hydrogens (primary N) is 1. The highest BCUT2D eigenvalue weighted by Crippen LogP contribution is 2.27. The molecule has 4 nitrogen and oxygen atoms in total. The summed E-state index contributed by atoms with van der Waals surface area (Å²) in [5.41, 5.74) is 6.04. The van der Waals surface area contributed by atoms with Gasteiger partial charge in [-0.1, -0.05) is 0 Å². The molecule has 0 spiro atoms. The minimum atomic E-state index is -0.355. The van der Waals surface area contributed by atoms with E-state index >= 15 is 0 Å². The molecule has 2 rings (SSSR count). The van der Waals surface area contributed by atoms with E-state index in [-0.39, 0.29) is 24.0 Å². The number of aliphatic hydroxyl groups is 1. The van der Waals surface area contributed by atoms with E-state index in [0.29, 0.717) is 0 Å². The lowest BCUT2D eigenvalue weighted by molar-refractivity contribution is -0.132. The van der Waals surface area contributed by atoms with Gasteiger partial charge in [0.25, 0.3) is 0 Å². The molecule has 1 unspecified atom stereocenters. The van der Waals surface area contributed by atoms with E-state index < -0.39 is 0 Å². The van der Waals surface area contributed by atoms with Crippen LogP contribution < -0.4 is 5.73 Å². The van der Waals surface area contributed by atoms with Crippen molar-refractivity contribution in [3.63, 3.8) is 0 Å². The van der Waals surface area contributed by atoms with Crippen LogP contribution in [-0.2, 0) is 4.79 Å². The van der Waals surface area contributed by atoms with Crippen molar-refractivity contribution in [2.24, 2.45) is 11.7 Å². The van der Waals surface area contributed by atoms with Crippen LogP contribution in [0.3, 0.4) is 0 Å². The third kappa shape index (κ3) is 2.70. The van der Waals surface area contributed by atoms with Crippen LogP contribution in [0.15, 0.2) is 0 Å². The molecule has 1 heterocycles. The Morgan fingerprint density at radius 1 is 1.38 bits per heavy atom. The van der Waals surface area contributed by atoms with Gasteiger partial charge in [-0.2, -0.15) is 0 Å². The van der Waals surface area contributed by atoms with Crippen LogP contribution >= 0.6 is 11.8 Å². The highest BCUT2D eigenvalue weighted by molar-refractivity contribution is 7.99. The second-order valence-corrected chi connectivity index (χ2v) is 5.81. The smallest absolute Gasteiger partial charge is 0.240 e. The van der Waals surface area contributed by atoms with Gasteiger partial charge in [0.05, 0.1) is 18.0 Å². The second kappa shape index (κ2) is 5.38. The molecule has 92 valence electrons. The van der Waals surface area contributed by atoms with Crippen molar-refractivity contribution in [3.05, 3.63) is 0 Å². The van der Waals surface area contributed by atoms with Crippen molar-refractivity contribution >= 4 is 17.7 Å². The zero-order chi connectivity index (χ0) is 11.5. The van der Waals surface area contributed by atoms with Crippen LogP contribution in [-0.4, -0.2) is 46.2 Å². The zero-order valence-electron chi connectivity index (χ0n) is 9.47. The van der Waals surface area contributed by atoms with Crippen molar-refractivity contribution in [3.8, 4) is 0 Å². The molecule has 3 N–H and O–H groups in total. The summed E-state index contributed by atoms with van der Waals surface area (Å²) >= 11 is 1.78. The molecule has 5 heteroatoms. The second-order valence-electron chi connectivity index (χ2n) is 4.73. The Morgan fingerprint density at radius 3 is 2.62 bits per heavy atom. The fourth-order valence-corrected chi connectivity index (χ4v) is 3.42. The average Bonchev–Trinajstić information content (AvgIpc) is 2.81. The molecule has 0 aromatic carbocycles. The van der Waals surface area contributed by atoms with Crippen LogP contribution in [0.1, 0.15) is 25.7 Å². The van der Waals surface area contributed by atoms with Crippen molar-refractivity contribution in [2.75, 3.05) is 18.2 Å². The summed E-state index contributed by atoms with van der Waals surface area (Å²) in [6, 6.07) is -0.355. The standard InChI is InChI=1S/C11H20N2O2S/c12-10(8-1-3-9(14)4-2-8)11(15)13-5-6-16-7-13/h8-10,14H,1-7,12H2. The Morgan fingerprint density at radius 2 is 2.06 bits per heavy atom. The molecule has 0 radical (unpaired) electrons. The Hall–Kier alpha value is -0.260. The fraction of sp³-hybridized carbons (Fsp3) is 0.909. The number of rotatable bonds is 2. The summed E-state index contributed by atoms with van der Waals surface area (Å²) in [4.78, 5) is 13.9. The summed E-state index contributed by atoms with van der Waals surface area (Å²) < 4.78 is 0. The first-order valence-corrected chi connectivity index (χ1v) is 7.14. The molecule has 1 atom stereocenters. The first-order chi connectivity index (χ1) is 7.68. The predicted molar refractivity (Wildman–Crippen MR) is 65.0 cm³/mol. The highest BCUT2D eigenvalue weighted by atomic mass is 32.2. The normalized spacial score (nSPS) is 32.8. The number of thioether (sulfide) groups is 1. The van der Waals surface area contributed by atoms with Crippen molar-refractivity contribution in [1.82, 2.24) is 4.90 Å². The van der Waals surface area contributed by atoms with Crippen LogP contribution in [0, 0.1) is 5.92 Å². The van der Waals surface area contributed by atoms with Crippen LogP contribution in [0.4, 0.5) is 0 Å². The van der Waals surface area contributed by atoms with Crippen molar-refractivity contribution < 1.29 is 9.90 Å². The minimum absolute atomic E-state index is 0.103. The van der Waals surface area contributed by atoms with E-state index in [0.717, 1.165) is 43.9 Å². The van der Waals surface area contributed by atoms with Gasteiger partial charge in [-0.15, -0.1) is 11.8 Å². The van der Waals surface area contributed by atoms with E-state index in [1.165, 1.54) is 0 Å². The molecule has 0 aromatic heterocycles. The molecular formula is C11H20N2O2S. The lowest BCUT2D eigenvalue weighted by Crippen LogP contribution is -2.47. The molecule has 1 aliphatic carbocycles. The van der Waals surface area contributed by atoms with Gasteiger partial charge < -0.3 is 15.7 Å². The molecule has 2 aliphatic rings. The van der Waals surface area contributed by atoms with Crippen LogP contribution in [0.5, 0.6) is 0 Å². The Bertz CT molecular complexity index is 248. The molecule has 1 saturated heterocycles. The molecule has 0 bridgehead atoms. The number of hydrogen-bond acceptors (Lipinski definition) is 4. The summed E-state index contributed by atoms with van der Waals surface area (Å²) in [7, 11) is 0. The first-order valence-electron chi connectivity index (χ1n) is 5.98. The van der Waals surface area contributed by atoms with Gasteiger partial charge in [-0.05, 0) is 31.6 Å². The van der Waals surface area contributed by atoms with E-state index in [2.05, 4.69) is 0 Å². The molecule has 1 amide bonds. The largest absolute Gasteiger partial charge is 0.393 e. The number of amides is 1. The lowest BCUT2D eigenvalue weighted by atomic mass is 9.82. The van der Waals surface area contributed by atoms with E-state index in [1.807, 2.05) is 4.90 Å². The lowest BCUT2D eigenvalue weighted by Gasteiger charge is -2.31. The van der Waals surface area contributed by atoms with E-state index in [9.17, 15) is 9.90 Å². The van der Waals surface area contributed by atoms with E-state index in [1.54, 1.807) is 11.8 Å². The van der Waals surface area contributed by atoms with Gasteiger partial charge in [0, 0.05) is 12.3 Å². The zero-order valence-corrected chi connectivity index (χ0v) is 10.3. The Balaban J connectivity index is 1.86. The van der Waals surface area contributed by atoms with Gasteiger partial charge in [0.2, 0.25) is 5.91 Å². The maximum absolute atomic E-state index is 12.1. The highest BCUT2D eigenvalue weighted by Gasteiger charge is 2.32. The number of carbonyl (C=O) groups excluding carboxylic acids is 1. The fourth-order valence-electron chi connectivity index (χ4n) is 2.46.